The zero-order valence-electron chi connectivity index (χ0n) is 12.1. The topological polar surface area (TPSA) is 110 Å². The van der Waals surface area contributed by atoms with Crippen LogP contribution in [-0.4, -0.2) is 52.6 Å². The van der Waals surface area contributed by atoms with Gasteiger partial charge in [0.2, 0.25) is 0 Å². The first kappa shape index (κ1) is 16.4. The molecule has 1 atom stereocenters. The van der Waals surface area contributed by atoms with E-state index in [0.717, 1.165) is 0 Å². The van der Waals surface area contributed by atoms with E-state index in [1.807, 2.05) is 0 Å². The summed E-state index contributed by atoms with van der Waals surface area (Å²) in [6, 6.07) is -1.35. The molecule has 0 spiro atoms. The fraction of sp³-hybridized carbons (Fsp3) is 0.769. The van der Waals surface area contributed by atoms with E-state index in [4.69, 9.17) is 15.6 Å². The number of rotatable bonds is 3. The highest BCUT2D eigenvalue weighted by Crippen LogP contribution is 2.18. The number of hydrogen-bond acceptors (Lipinski definition) is 5. The number of esters is 1. The molecule has 1 aliphatic heterocycles. The molecule has 1 aliphatic rings. The first-order chi connectivity index (χ1) is 9.11. The quantitative estimate of drug-likeness (QED) is 0.557. The van der Waals surface area contributed by atoms with Gasteiger partial charge in [0.25, 0.3) is 5.91 Å². The third-order valence-electron chi connectivity index (χ3n) is 3.08. The summed E-state index contributed by atoms with van der Waals surface area (Å²) in [7, 11) is 0. The Morgan fingerprint density at radius 3 is 2.15 bits per heavy atom. The van der Waals surface area contributed by atoms with Crippen molar-refractivity contribution in [2.24, 2.45) is 11.7 Å². The number of ether oxygens (including phenoxy) is 1. The second-order valence-electron chi connectivity index (χ2n) is 5.95. The fourth-order valence-corrected chi connectivity index (χ4v) is 2.01. The Morgan fingerprint density at radius 2 is 1.75 bits per heavy atom. The van der Waals surface area contributed by atoms with Gasteiger partial charge in [-0.25, -0.2) is 4.79 Å². The number of hydrogen-bond donors (Lipinski definition) is 2. The van der Waals surface area contributed by atoms with Gasteiger partial charge in [0.05, 0.1) is 5.92 Å². The minimum Gasteiger partial charge on any atom is -0.481 e. The van der Waals surface area contributed by atoms with Crippen molar-refractivity contribution in [2.45, 2.75) is 45.3 Å². The lowest BCUT2D eigenvalue weighted by molar-refractivity contribution is -0.161. The molecule has 1 heterocycles. The van der Waals surface area contributed by atoms with Gasteiger partial charge in [-0.15, -0.1) is 0 Å². The molecule has 0 aliphatic carbocycles. The molecule has 0 saturated carbocycles. The summed E-state index contributed by atoms with van der Waals surface area (Å²) in [5, 5.41) is 8.89. The number of piperidine rings is 1. The minimum atomic E-state index is -1.35. The van der Waals surface area contributed by atoms with Crippen molar-refractivity contribution in [3.8, 4) is 0 Å². The zero-order valence-corrected chi connectivity index (χ0v) is 12.1. The minimum absolute atomic E-state index is 0.298. The van der Waals surface area contributed by atoms with Crippen LogP contribution in [0.15, 0.2) is 0 Å². The molecule has 20 heavy (non-hydrogen) atoms. The summed E-state index contributed by atoms with van der Waals surface area (Å²) >= 11 is 0. The van der Waals surface area contributed by atoms with E-state index in [9.17, 15) is 14.4 Å². The number of nitrogens with zero attached hydrogens (tertiary/aromatic N) is 1. The normalized spacial score (nSPS) is 18.5. The number of amides is 1. The average molecular weight is 286 g/mol. The molecule has 3 N–H and O–H groups in total. The second kappa shape index (κ2) is 6.21. The van der Waals surface area contributed by atoms with Gasteiger partial charge in [-0.2, -0.15) is 0 Å². The van der Waals surface area contributed by atoms with Gasteiger partial charge < -0.3 is 20.5 Å². The lowest BCUT2D eigenvalue weighted by Gasteiger charge is -2.32. The van der Waals surface area contributed by atoms with E-state index >= 15 is 0 Å². The molecule has 1 rings (SSSR count). The summed E-state index contributed by atoms with van der Waals surface area (Å²) in [4.78, 5) is 36.0. The van der Waals surface area contributed by atoms with Crippen LogP contribution in [0.2, 0.25) is 0 Å². The third kappa shape index (κ3) is 4.48. The highest BCUT2D eigenvalue weighted by atomic mass is 16.6. The van der Waals surface area contributed by atoms with Gasteiger partial charge >= 0.3 is 11.9 Å². The summed E-state index contributed by atoms with van der Waals surface area (Å²) in [6.45, 7) is 5.68. The van der Waals surface area contributed by atoms with Crippen LogP contribution < -0.4 is 5.73 Å². The summed E-state index contributed by atoms with van der Waals surface area (Å²) < 4.78 is 5.07. The number of carboxylic acids is 1. The van der Waals surface area contributed by atoms with E-state index in [-0.39, 0.29) is 0 Å². The smallest absolute Gasteiger partial charge is 0.333 e. The van der Waals surface area contributed by atoms with Crippen LogP contribution >= 0.6 is 0 Å². The fourth-order valence-electron chi connectivity index (χ4n) is 2.01. The molecular formula is C13H22N2O5. The van der Waals surface area contributed by atoms with Crippen molar-refractivity contribution in [3.05, 3.63) is 0 Å². The highest BCUT2D eigenvalue weighted by Gasteiger charge is 2.34. The maximum Gasteiger partial charge on any atom is 0.333 e. The third-order valence-corrected chi connectivity index (χ3v) is 3.08. The van der Waals surface area contributed by atoms with Gasteiger partial charge in [0.15, 0.2) is 6.04 Å². The van der Waals surface area contributed by atoms with Crippen molar-refractivity contribution < 1.29 is 24.2 Å². The van der Waals surface area contributed by atoms with Crippen molar-refractivity contribution in [3.63, 3.8) is 0 Å². The number of aliphatic carboxylic acids is 1. The second-order valence-corrected chi connectivity index (χ2v) is 5.95. The lowest BCUT2D eigenvalue weighted by atomic mass is 9.96. The molecule has 0 aromatic heterocycles. The van der Waals surface area contributed by atoms with Gasteiger partial charge in [0.1, 0.15) is 5.60 Å². The van der Waals surface area contributed by atoms with Crippen molar-refractivity contribution in [1.82, 2.24) is 4.90 Å². The van der Waals surface area contributed by atoms with Crippen LogP contribution in [0, 0.1) is 5.92 Å². The predicted molar refractivity (Wildman–Crippen MR) is 70.8 cm³/mol. The average Bonchev–Trinajstić information content (AvgIpc) is 2.35. The number of carbonyl (C=O) groups excluding carboxylic acids is 2. The molecule has 1 fully saturated rings. The monoisotopic (exact) mass is 286 g/mol. The van der Waals surface area contributed by atoms with E-state index < -0.39 is 35.4 Å². The maximum atomic E-state index is 12.1. The molecule has 0 radical (unpaired) electrons. The Morgan fingerprint density at radius 1 is 1.25 bits per heavy atom. The van der Waals surface area contributed by atoms with Crippen molar-refractivity contribution in [2.75, 3.05) is 13.1 Å². The number of carboxylic acid groups (broad SMARTS) is 1. The standard InChI is InChI=1S/C13H22N2O5/c1-13(2,3)20-12(19)9(14)10(16)15-6-4-8(5-7-15)11(17)18/h8-9H,4-7,14H2,1-3H3,(H,17,18)/t9-/m1/s1. The first-order valence-electron chi connectivity index (χ1n) is 6.62. The molecule has 114 valence electrons. The Hall–Kier alpha value is -1.63. The van der Waals surface area contributed by atoms with Crippen LogP contribution in [0.25, 0.3) is 0 Å². The van der Waals surface area contributed by atoms with Crippen molar-refractivity contribution >= 4 is 17.8 Å². The molecule has 1 saturated heterocycles. The predicted octanol–water partition coefficient (Wildman–Crippen LogP) is -0.0214. The molecule has 1 amide bonds. The molecule has 0 aromatic carbocycles. The molecule has 0 bridgehead atoms. The maximum absolute atomic E-state index is 12.1. The van der Waals surface area contributed by atoms with Gasteiger partial charge in [-0.3, -0.25) is 9.59 Å². The zero-order chi connectivity index (χ0) is 15.5. The molecular weight excluding hydrogens is 264 g/mol. The van der Waals surface area contributed by atoms with Crippen LogP contribution in [-0.2, 0) is 19.1 Å². The van der Waals surface area contributed by atoms with Crippen molar-refractivity contribution in [1.29, 1.82) is 0 Å². The molecule has 0 aromatic rings. The van der Waals surface area contributed by atoms with E-state index in [1.54, 1.807) is 20.8 Å². The molecule has 7 nitrogen and oxygen atoms in total. The summed E-state index contributed by atoms with van der Waals surface area (Å²) in [6.07, 6.45) is 0.754. The Labute approximate surface area is 118 Å². The first-order valence-corrected chi connectivity index (χ1v) is 6.62. The Balaban J connectivity index is 2.54. The van der Waals surface area contributed by atoms with Gasteiger partial charge in [-0.1, -0.05) is 0 Å². The van der Waals surface area contributed by atoms with E-state index in [2.05, 4.69) is 0 Å². The van der Waals surface area contributed by atoms with Crippen LogP contribution in [0.4, 0.5) is 0 Å². The Kier molecular flexibility index (Phi) is 5.10. The van der Waals surface area contributed by atoms with Crippen LogP contribution in [0.5, 0.6) is 0 Å². The molecule has 0 unspecified atom stereocenters. The Bertz CT molecular complexity index is 394. The number of likely N-dealkylation sites (tertiary alicyclic amines) is 1. The van der Waals surface area contributed by atoms with E-state index in [1.165, 1.54) is 4.90 Å². The van der Waals surface area contributed by atoms with Crippen LogP contribution in [0.3, 0.4) is 0 Å². The van der Waals surface area contributed by atoms with E-state index in [0.29, 0.717) is 25.9 Å². The highest BCUT2D eigenvalue weighted by molar-refractivity contribution is 6.01. The molecule has 7 heteroatoms. The largest absolute Gasteiger partial charge is 0.481 e. The van der Waals surface area contributed by atoms with Gasteiger partial charge in [0, 0.05) is 13.1 Å². The summed E-state index contributed by atoms with van der Waals surface area (Å²) in [5.41, 5.74) is 4.91. The number of carbonyl (C=O) groups is 3. The summed E-state index contributed by atoms with van der Waals surface area (Å²) in [5.74, 6) is -2.56. The van der Waals surface area contributed by atoms with Gasteiger partial charge in [-0.05, 0) is 33.6 Å². The SMILES string of the molecule is CC(C)(C)OC(=O)[C@H](N)C(=O)N1CCC(C(=O)O)CC1. The number of nitrogens with two attached hydrogens (primary N) is 1. The lowest BCUT2D eigenvalue weighted by Crippen LogP contribution is -2.52. The van der Waals surface area contributed by atoms with Crippen LogP contribution in [0.1, 0.15) is 33.6 Å².